The second-order valence-electron chi connectivity index (χ2n) is 7.75. The molecule has 0 unspecified atom stereocenters. The molecular formula is C20H24N2O5. The normalized spacial score (nSPS) is 23.9. The topological polar surface area (TPSA) is 85.0 Å². The van der Waals surface area contributed by atoms with Crippen LogP contribution in [0.5, 0.6) is 11.5 Å². The first-order valence-corrected chi connectivity index (χ1v) is 9.21. The van der Waals surface area contributed by atoms with Crippen molar-refractivity contribution in [3.05, 3.63) is 29.9 Å². The predicted octanol–water partition coefficient (Wildman–Crippen LogP) is 3.57. The third kappa shape index (κ3) is 3.16. The maximum atomic E-state index is 11.7. The quantitative estimate of drug-likeness (QED) is 0.878. The van der Waals surface area contributed by atoms with Crippen LogP contribution >= 0.6 is 0 Å². The van der Waals surface area contributed by atoms with Gasteiger partial charge < -0.3 is 23.9 Å². The van der Waals surface area contributed by atoms with Gasteiger partial charge in [-0.2, -0.15) is 0 Å². The van der Waals surface area contributed by atoms with E-state index >= 15 is 0 Å². The molecule has 2 aliphatic rings. The number of aromatic nitrogens is 1. The third-order valence-electron chi connectivity index (χ3n) is 5.49. The van der Waals surface area contributed by atoms with Crippen LogP contribution in [0.25, 0.3) is 11.3 Å². The highest BCUT2D eigenvalue weighted by Crippen LogP contribution is 2.52. The fraction of sp³-hybridized carbons (Fsp3) is 0.500. The Hall–Kier alpha value is -2.54. The number of rotatable bonds is 4. The molecule has 1 spiro atoms. The first-order valence-electron chi connectivity index (χ1n) is 9.21. The van der Waals surface area contributed by atoms with Crippen molar-refractivity contribution < 1.29 is 23.8 Å². The molecule has 1 aromatic carbocycles. The molecule has 0 bridgehead atoms. The fourth-order valence-electron chi connectivity index (χ4n) is 4.13. The van der Waals surface area contributed by atoms with Gasteiger partial charge in [0.1, 0.15) is 12.0 Å². The molecular weight excluding hydrogens is 348 g/mol. The van der Waals surface area contributed by atoms with Crippen LogP contribution in [0, 0.1) is 12.8 Å². The Morgan fingerprint density at radius 1 is 1.30 bits per heavy atom. The summed E-state index contributed by atoms with van der Waals surface area (Å²) >= 11 is 0. The molecule has 0 atom stereocenters. The van der Waals surface area contributed by atoms with Crippen molar-refractivity contribution >= 4 is 5.97 Å². The van der Waals surface area contributed by atoms with E-state index in [0.717, 1.165) is 32.2 Å². The summed E-state index contributed by atoms with van der Waals surface area (Å²) in [6, 6.07) is 1.59. The Morgan fingerprint density at radius 3 is 2.59 bits per heavy atom. The van der Waals surface area contributed by atoms with Gasteiger partial charge in [0.05, 0.1) is 11.1 Å². The van der Waals surface area contributed by atoms with Crippen molar-refractivity contribution in [2.24, 2.45) is 5.92 Å². The molecule has 2 aromatic rings. The van der Waals surface area contributed by atoms with Gasteiger partial charge in [-0.05, 0) is 45.8 Å². The Labute approximate surface area is 157 Å². The average molecular weight is 372 g/mol. The highest BCUT2D eigenvalue weighted by Gasteiger charge is 2.47. The highest BCUT2D eigenvalue weighted by atomic mass is 16.7. The molecule has 0 radical (unpaired) electrons. The van der Waals surface area contributed by atoms with Crippen LogP contribution < -0.4 is 9.47 Å². The summed E-state index contributed by atoms with van der Waals surface area (Å²) in [6.45, 7) is 2.81. The number of hydrogen-bond acceptors (Lipinski definition) is 6. The van der Waals surface area contributed by atoms with Crippen LogP contribution in [0.1, 0.15) is 41.6 Å². The molecule has 1 aliphatic heterocycles. The first kappa shape index (κ1) is 17.9. The second kappa shape index (κ2) is 6.56. The van der Waals surface area contributed by atoms with Crippen molar-refractivity contribution in [3.63, 3.8) is 0 Å². The summed E-state index contributed by atoms with van der Waals surface area (Å²) in [7, 11) is 4.17. The van der Waals surface area contributed by atoms with Crippen LogP contribution in [0.2, 0.25) is 0 Å². The summed E-state index contributed by atoms with van der Waals surface area (Å²) in [6.07, 6.45) is 6.38. The summed E-state index contributed by atoms with van der Waals surface area (Å²) in [5.74, 6) is -0.0196. The van der Waals surface area contributed by atoms with E-state index in [1.165, 1.54) is 12.7 Å². The lowest BCUT2D eigenvalue weighted by Crippen LogP contribution is -2.43. The van der Waals surface area contributed by atoms with Gasteiger partial charge in [0.2, 0.25) is 0 Å². The molecule has 1 aromatic heterocycles. The van der Waals surface area contributed by atoms with E-state index in [1.54, 1.807) is 13.0 Å². The van der Waals surface area contributed by atoms with Gasteiger partial charge in [-0.15, -0.1) is 0 Å². The van der Waals surface area contributed by atoms with Crippen molar-refractivity contribution in [3.8, 4) is 22.8 Å². The number of benzene rings is 1. The minimum atomic E-state index is -1.00. The zero-order chi connectivity index (χ0) is 19.2. The zero-order valence-corrected chi connectivity index (χ0v) is 15.8. The Balaban J connectivity index is 1.68. The van der Waals surface area contributed by atoms with Gasteiger partial charge >= 0.3 is 5.97 Å². The molecule has 0 saturated heterocycles. The lowest BCUT2D eigenvalue weighted by Gasteiger charge is -2.36. The van der Waals surface area contributed by atoms with E-state index in [2.05, 4.69) is 24.0 Å². The van der Waals surface area contributed by atoms with E-state index in [4.69, 9.17) is 13.9 Å². The van der Waals surface area contributed by atoms with Gasteiger partial charge in [-0.25, -0.2) is 9.78 Å². The van der Waals surface area contributed by atoms with Crippen molar-refractivity contribution in [2.45, 2.75) is 38.4 Å². The first-order chi connectivity index (χ1) is 12.9. The Bertz CT molecular complexity index is 852. The maximum Gasteiger partial charge on any atom is 0.336 e. The van der Waals surface area contributed by atoms with Crippen molar-refractivity contribution in [2.75, 3.05) is 20.6 Å². The van der Waals surface area contributed by atoms with E-state index in [-0.39, 0.29) is 5.56 Å². The van der Waals surface area contributed by atoms with Gasteiger partial charge in [-0.3, -0.25) is 0 Å². The number of hydrogen-bond donors (Lipinski definition) is 1. The smallest absolute Gasteiger partial charge is 0.336 e. The number of oxazole rings is 1. The molecule has 1 aliphatic carbocycles. The number of carboxylic acids is 1. The molecule has 144 valence electrons. The molecule has 7 heteroatoms. The third-order valence-corrected chi connectivity index (χ3v) is 5.49. The van der Waals surface area contributed by atoms with E-state index in [0.29, 0.717) is 34.2 Å². The summed E-state index contributed by atoms with van der Waals surface area (Å²) in [5.41, 5.74) is 1.90. The SMILES string of the molecule is Cc1c(C(=O)O)cc(-c2cocn2)c2c1OC1(CCC(CN(C)C)CC1)O2. The van der Waals surface area contributed by atoms with Crippen LogP contribution in [-0.2, 0) is 0 Å². The van der Waals surface area contributed by atoms with Crippen molar-refractivity contribution in [1.29, 1.82) is 0 Å². The Kier molecular flexibility index (Phi) is 4.34. The second-order valence-corrected chi connectivity index (χ2v) is 7.75. The average Bonchev–Trinajstić information content (AvgIpc) is 3.26. The van der Waals surface area contributed by atoms with Crippen molar-refractivity contribution in [1.82, 2.24) is 9.88 Å². The number of carbonyl (C=O) groups is 1. The van der Waals surface area contributed by atoms with E-state index in [9.17, 15) is 9.90 Å². The highest BCUT2D eigenvalue weighted by molar-refractivity contribution is 5.94. The number of aromatic carboxylic acids is 1. The van der Waals surface area contributed by atoms with E-state index in [1.807, 2.05) is 0 Å². The summed E-state index contributed by atoms with van der Waals surface area (Å²) in [4.78, 5) is 18.1. The molecule has 4 rings (SSSR count). The number of ether oxygens (including phenoxy) is 2. The largest absolute Gasteiger partial charge is 0.478 e. The van der Waals surface area contributed by atoms with Crippen LogP contribution in [-0.4, -0.2) is 47.4 Å². The summed E-state index contributed by atoms with van der Waals surface area (Å²) < 4.78 is 17.7. The predicted molar refractivity (Wildman–Crippen MR) is 98.1 cm³/mol. The van der Waals surface area contributed by atoms with Gasteiger partial charge in [-0.1, -0.05) is 0 Å². The lowest BCUT2D eigenvalue weighted by molar-refractivity contribution is -0.114. The molecule has 1 saturated carbocycles. The molecule has 2 heterocycles. The number of nitrogens with zero attached hydrogens (tertiary/aromatic N) is 2. The van der Waals surface area contributed by atoms with Gasteiger partial charge in [0, 0.05) is 24.9 Å². The maximum absolute atomic E-state index is 11.7. The zero-order valence-electron chi connectivity index (χ0n) is 15.8. The van der Waals surface area contributed by atoms with Crippen LogP contribution in [0.4, 0.5) is 0 Å². The minimum Gasteiger partial charge on any atom is -0.478 e. The molecule has 1 fully saturated rings. The van der Waals surface area contributed by atoms with Crippen LogP contribution in [0.15, 0.2) is 23.1 Å². The van der Waals surface area contributed by atoms with E-state index < -0.39 is 11.8 Å². The monoisotopic (exact) mass is 372 g/mol. The number of carboxylic acid groups (broad SMARTS) is 1. The molecule has 1 N–H and O–H groups in total. The summed E-state index contributed by atoms with van der Waals surface area (Å²) in [5, 5.41) is 9.59. The molecule has 7 nitrogen and oxygen atoms in total. The fourth-order valence-corrected chi connectivity index (χ4v) is 4.13. The minimum absolute atomic E-state index is 0.189. The lowest BCUT2D eigenvalue weighted by atomic mass is 9.85. The Morgan fingerprint density at radius 2 is 2.00 bits per heavy atom. The number of fused-ring (bicyclic) bond motifs is 1. The molecule has 27 heavy (non-hydrogen) atoms. The standard InChI is InChI=1S/C20H24N2O5/c1-12-14(19(23)24)8-15(16-10-25-11-21-16)18-17(12)26-20(27-18)6-4-13(5-7-20)9-22(2)3/h8,10-11,13H,4-7,9H2,1-3H3,(H,23,24). The van der Waals surface area contributed by atoms with Crippen LogP contribution in [0.3, 0.4) is 0 Å². The van der Waals surface area contributed by atoms with Gasteiger partial charge in [0.15, 0.2) is 17.9 Å². The molecule has 0 amide bonds. The van der Waals surface area contributed by atoms with Gasteiger partial charge in [0.25, 0.3) is 5.79 Å².